The van der Waals surface area contributed by atoms with Crippen molar-refractivity contribution in [2.45, 2.75) is 26.2 Å². The summed E-state index contributed by atoms with van der Waals surface area (Å²) >= 11 is 0. The van der Waals surface area contributed by atoms with Crippen molar-refractivity contribution in [3.05, 3.63) is 24.2 Å². The number of likely N-dealkylation sites (tertiary alicyclic amines) is 1. The van der Waals surface area contributed by atoms with Gasteiger partial charge in [-0.3, -0.25) is 9.59 Å². The van der Waals surface area contributed by atoms with Gasteiger partial charge in [-0.1, -0.05) is 19.3 Å². The molecule has 0 saturated carbocycles. The maximum atomic E-state index is 12.3. The van der Waals surface area contributed by atoms with Crippen LogP contribution in [0.25, 0.3) is 0 Å². The van der Waals surface area contributed by atoms with Gasteiger partial charge in [-0.25, -0.2) is 0 Å². The zero-order chi connectivity index (χ0) is 15.9. The van der Waals surface area contributed by atoms with Gasteiger partial charge in [0.05, 0.1) is 12.8 Å². The first-order chi connectivity index (χ1) is 10.7. The lowest BCUT2D eigenvalue weighted by Crippen LogP contribution is -2.44. The first-order valence-electron chi connectivity index (χ1n) is 7.68. The molecule has 5 heteroatoms. The fourth-order valence-corrected chi connectivity index (χ4v) is 3.01. The molecule has 22 heavy (non-hydrogen) atoms. The molecule has 1 aliphatic heterocycles. The van der Waals surface area contributed by atoms with Crippen LogP contribution in [-0.4, -0.2) is 36.3 Å². The third kappa shape index (κ3) is 3.91. The molecule has 5 nitrogen and oxygen atoms in total. The Morgan fingerprint density at radius 2 is 2.32 bits per heavy atom. The van der Waals surface area contributed by atoms with Crippen LogP contribution in [0, 0.1) is 24.2 Å². The maximum absolute atomic E-state index is 12.3. The fraction of sp³-hybridized carbons (Fsp3) is 0.529. The second kappa shape index (κ2) is 7.69. The molecule has 2 heterocycles. The number of hydrogen-bond acceptors (Lipinski definition) is 3. The van der Waals surface area contributed by atoms with Gasteiger partial charge in [0, 0.05) is 19.5 Å². The topological polar surface area (TPSA) is 62.6 Å². The standard InChI is InChI=1S/C17H22N2O3/c1-3-8-18-16(20)11-14-7-9-19(12-13(14)4-2)17(21)15-6-5-10-22-15/h1,5-6,10,13-14H,4,7-9,11-12H2,2H3,(H,18,20)/t13-,14+/m1/s1. The third-order valence-corrected chi connectivity index (χ3v) is 4.27. The van der Waals surface area contributed by atoms with Crippen LogP contribution in [0.15, 0.2) is 22.8 Å². The Kier molecular flexibility index (Phi) is 5.65. The second-order valence-corrected chi connectivity index (χ2v) is 5.63. The lowest BCUT2D eigenvalue weighted by molar-refractivity contribution is -0.122. The summed E-state index contributed by atoms with van der Waals surface area (Å²) < 4.78 is 5.18. The van der Waals surface area contributed by atoms with Gasteiger partial charge in [0.15, 0.2) is 5.76 Å². The average Bonchev–Trinajstić information content (AvgIpc) is 3.07. The third-order valence-electron chi connectivity index (χ3n) is 4.27. The van der Waals surface area contributed by atoms with Crippen LogP contribution < -0.4 is 5.32 Å². The van der Waals surface area contributed by atoms with Crippen LogP contribution in [0.3, 0.4) is 0 Å². The van der Waals surface area contributed by atoms with Crippen molar-refractivity contribution < 1.29 is 14.0 Å². The van der Waals surface area contributed by atoms with Crippen LogP contribution in [0.5, 0.6) is 0 Å². The molecule has 1 fully saturated rings. The number of hydrogen-bond donors (Lipinski definition) is 1. The highest BCUT2D eigenvalue weighted by Gasteiger charge is 2.32. The molecular formula is C17H22N2O3. The Morgan fingerprint density at radius 3 is 2.95 bits per heavy atom. The van der Waals surface area contributed by atoms with Gasteiger partial charge in [0.1, 0.15) is 0 Å². The monoisotopic (exact) mass is 302 g/mol. The van der Waals surface area contributed by atoms with E-state index in [-0.39, 0.29) is 18.4 Å². The zero-order valence-corrected chi connectivity index (χ0v) is 12.9. The molecule has 1 aliphatic rings. The van der Waals surface area contributed by atoms with Gasteiger partial charge in [0.25, 0.3) is 5.91 Å². The molecule has 0 unspecified atom stereocenters. The van der Waals surface area contributed by atoms with Gasteiger partial charge in [0.2, 0.25) is 5.91 Å². The van der Waals surface area contributed by atoms with E-state index in [9.17, 15) is 9.59 Å². The predicted octanol–water partition coefficient (Wildman–Crippen LogP) is 1.91. The molecule has 0 bridgehead atoms. The van der Waals surface area contributed by atoms with E-state index in [1.807, 2.05) is 4.90 Å². The van der Waals surface area contributed by atoms with Crippen LogP contribution in [0.1, 0.15) is 36.7 Å². The lowest BCUT2D eigenvalue weighted by Gasteiger charge is -2.37. The van der Waals surface area contributed by atoms with Crippen molar-refractivity contribution in [3.8, 4) is 12.3 Å². The Hall–Kier alpha value is -2.22. The second-order valence-electron chi connectivity index (χ2n) is 5.63. The normalized spacial score (nSPS) is 21.2. The van der Waals surface area contributed by atoms with Crippen molar-refractivity contribution >= 4 is 11.8 Å². The Labute approximate surface area is 131 Å². The molecule has 0 aliphatic carbocycles. The molecule has 2 atom stereocenters. The zero-order valence-electron chi connectivity index (χ0n) is 12.9. The number of carbonyl (C=O) groups excluding carboxylic acids is 2. The SMILES string of the molecule is C#CCNC(=O)C[C@@H]1CCN(C(=O)c2ccco2)C[C@H]1CC. The van der Waals surface area contributed by atoms with Gasteiger partial charge in [-0.2, -0.15) is 0 Å². The molecule has 1 aromatic heterocycles. The fourth-order valence-electron chi connectivity index (χ4n) is 3.01. The van der Waals surface area contributed by atoms with E-state index in [1.54, 1.807) is 12.1 Å². The van der Waals surface area contributed by atoms with Gasteiger partial charge >= 0.3 is 0 Å². The highest BCUT2D eigenvalue weighted by atomic mass is 16.3. The minimum atomic E-state index is -0.0707. The first-order valence-corrected chi connectivity index (χ1v) is 7.68. The molecule has 2 rings (SSSR count). The Bertz CT molecular complexity index is 545. The largest absolute Gasteiger partial charge is 0.459 e. The number of rotatable bonds is 5. The molecule has 0 radical (unpaired) electrons. The molecular weight excluding hydrogens is 280 g/mol. The molecule has 1 saturated heterocycles. The van der Waals surface area contributed by atoms with E-state index in [2.05, 4.69) is 18.2 Å². The van der Waals surface area contributed by atoms with Crippen LogP contribution >= 0.6 is 0 Å². The Balaban J connectivity index is 1.92. The summed E-state index contributed by atoms with van der Waals surface area (Å²) in [6.45, 7) is 3.69. The number of furan rings is 1. The summed E-state index contributed by atoms with van der Waals surface area (Å²) in [5.74, 6) is 3.32. The summed E-state index contributed by atoms with van der Waals surface area (Å²) in [4.78, 5) is 26.0. The molecule has 1 aromatic rings. The van der Waals surface area contributed by atoms with Crippen LogP contribution in [0.4, 0.5) is 0 Å². The number of nitrogens with zero attached hydrogens (tertiary/aromatic N) is 1. The number of piperidine rings is 1. The van der Waals surface area contributed by atoms with Gasteiger partial charge in [-0.15, -0.1) is 6.42 Å². The van der Waals surface area contributed by atoms with E-state index in [0.29, 0.717) is 37.1 Å². The molecule has 1 N–H and O–H groups in total. The highest BCUT2D eigenvalue weighted by Crippen LogP contribution is 2.29. The quantitative estimate of drug-likeness (QED) is 0.845. The van der Waals surface area contributed by atoms with E-state index in [4.69, 9.17) is 10.8 Å². The van der Waals surface area contributed by atoms with E-state index < -0.39 is 0 Å². The smallest absolute Gasteiger partial charge is 0.289 e. The molecule has 0 aromatic carbocycles. The average molecular weight is 302 g/mol. The summed E-state index contributed by atoms with van der Waals surface area (Å²) in [5.41, 5.74) is 0. The van der Waals surface area contributed by atoms with Crippen LogP contribution in [0.2, 0.25) is 0 Å². The predicted molar refractivity (Wildman–Crippen MR) is 83.0 cm³/mol. The first kappa shape index (κ1) is 16.2. The van der Waals surface area contributed by atoms with Crippen molar-refractivity contribution in [2.75, 3.05) is 19.6 Å². The number of carbonyl (C=O) groups is 2. The van der Waals surface area contributed by atoms with Crippen molar-refractivity contribution in [1.82, 2.24) is 10.2 Å². The van der Waals surface area contributed by atoms with Crippen molar-refractivity contribution in [3.63, 3.8) is 0 Å². The summed E-state index contributed by atoms with van der Waals surface area (Å²) in [6, 6.07) is 3.40. The van der Waals surface area contributed by atoms with Gasteiger partial charge < -0.3 is 14.6 Å². The minimum absolute atomic E-state index is 0.00721. The maximum Gasteiger partial charge on any atom is 0.289 e. The van der Waals surface area contributed by atoms with Crippen molar-refractivity contribution in [2.24, 2.45) is 11.8 Å². The number of nitrogens with one attached hydrogen (secondary N) is 1. The van der Waals surface area contributed by atoms with E-state index in [0.717, 1.165) is 12.8 Å². The minimum Gasteiger partial charge on any atom is -0.459 e. The molecule has 2 amide bonds. The Morgan fingerprint density at radius 1 is 1.50 bits per heavy atom. The van der Waals surface area contributed by atoms with E-state index in [1.165, 1.54) is 6.26 Å². The number of amides is 2. The van der Waals surface area contributed by atoms with E-state index >= 15 is 0 Å². The summed E-state index contributed by atoms with van der Waals surface area (Å²) in [7, 11) is 0. The summed E-state index contributed by atoms with van der Waals surface area (Å²) in [5, 5.41) is 2.71. The molecule has 118 valence electrons. The lowest BCUT2D eigenvalue weighted by atomic mass is 9.81. The number of terminal acetylenes is 1. The summed E-state index contributed by atoms with van der Waals surface area (Å²) in [6.07, 6.45) is 8.89. The van der Waals surface area contributed by atoms with Crippen molar-refractivity contribution in [1.29, 1.82) is 0 Å². The molecule has 0 spiro atoms. The highest BCUT2D eigenvalue weighted by molar-refractivity contribution is 5.91. The van der Waals surface area contributed by atoms with Crippen LogP contribution in [-0.2, 0) is 4.79 Å². The van der Waals surface area contributed by atoms with Gasteiger partial charge in [-0.05, 0) is 30.4 Å².